The predicted molar refractivity (Wildman–Crippen MR) is 83.6 cm³/mol. The van der Waals surface area contributed by atoms with Crippen LogP contribution in [0, 0.1) is 12.8 Å². The van der Waals surface area contributed by atoms with Crippen molar-refractivity contribution >= 4 is 15.7 Å². The van der Waals surface area contributed by atoms with E-state index in [4.69, 9.17) is 0 Å². The van der Waals surface area contributed by atoms with Crippen molar-refractivity contribution in [2.45, 2.75) is 33.1 Å². The lowest BCUT2D eigenvalue weighted by molar-refractivity contribution is 0.402. The van der Waals surface area contributed by atoms with E-state index in [2.05, 4.69) is 10.0 Å². The number of benzene rings is 1. The van der Waals surface area contributed by atoms with Gasteiger partial charge in [0.15, 0.2) is 0 Å². The molecule has 2 rings (SSSR count). The van der Waals surface area contributed by atoms with Crippen molar-refractivity contribution in [1.29, 1.82) is 0 Å². The van der Waals surface area contributed by atoms with Gasteiger partial charge in [0.05, 0.1) is 11.4 Å². The van der Waals surface area contributed by atoms with E-state index in [0.717, 1.165) is 49.2 Å². The van der Waals surface area contributed by atoms with Gasteiger partial charge in [-0.25, -0.2) is 8.42 Å². The van der Waals surface area contributed by atoms with Crippen molar-refractivity contribution in [3.63, 3.8) is 0 Å². The zero-order chi connectivity index (χ0) is 14.6. The first kappa shape index (κ1) is 15.3. The molecule has 0 bridgehead atoms. The summed E-state index contributed by atoms with van der Waals surface area (Å²) in [7, 11) is -3.27. The number of anilines is 1. The Kier molecular flexibility index (Phi) is 5.05. The van der Waals surface area contributed by atoms with Gasteiger partial charge >= 0.3 is 0 Å². The highest BCUT2D eigenvalue weighted by Crippen LogP contribution is 2.24. The minimum Gasteiger partial charge on any atom is -0.317 e. The molecule has 112 valence electrons. The fraction of sp³-hybridized carbons (Fsp3) is 0.600. The molecule has 0 aliphatic carbocycles. The van der Waals surface area contributed by atoms with Crippen LogP contribution in [0.3, 0.4) is 0 Å². The van der Waals surface area contributed by atoms with Gasteiger partial charge in [-0.05, 0) is 56.3 Å². The zero-order valence-corrected chi connectivity index (χ0v) is 13.1. The monoisotopic (exact) mass is 296 g/mol. The smallest absolute Gasteiger partial charge is 0.233 e. The van der Waals surface area contributed by atoms with Crippen LogP contribution in [0.25, 0.3) is 0 Å². The molecule has 1 saturated heterocycles. The fourth-order valence-corrected chi connectivity index (χ4v) is 4.37. The van der Waals surface area contributed by atoms with Gasteiger partial charge in [-0.3, -0.25) is 4.72 Å². The molecule has 0 unspecified atom stereocenters. The number of nitrogens with one attached hydrogen (secondary N) is 2. The second-order valence-corrected chi connectivity index (χ2v) is 7.31. The molecule has 20 heavy (non-hydrogen) atoms. The summed E-state index contributed by atoms with van der Waals surface area (Å²) in [4.78, 5) is 0. The van der Waals surface area contributed by atoms with Crippen molar-refractivity contribution in [1.82, 2.24) is 5.32 Å². The maximum atomic E-state index is 12.4. The molecular formula is C15H24N2O2S. The highest BCUT2D eigenvalue weighted by atomic mass is 32.2. The normalized spacial score (nSPS) is 17.1. The van der Waals surface area contributed by atoms with Crippen LogP contribution in [0.5, 0.6) is 0 Å². The van der Waals surface area contributed by atoms with Crippen molar-refractivity contribution in [2.75, 3.05) is 23.6 Å². The Labute approximate surface area is 122 Å². The van der Waals surface area contributed by atoms with Crippen LogP contribution in [0.15, 0.2) is 18.2 Å². The van der Waals surface area contributed by atoms with Gasteiger partial charge in [0, 0.05) is 0 Å². The average Bonchev–Trinajstić information content (AvgIpc) is 2.41. The van der Waals surface area contributed by atoms with Gasteiger partial charge in [-0.15, -0.1) is 0 Å². The molecule has 0 spiro atoms. The van der Waals surface area contributed by atoms with E-state index in [9.17, 15) is 8.42 Å². The largest absolute Gasteiger partial charge is 0.317 e. The molecule has 1 aliphatic rings. The standard InChI is InChI=1S/C15H24N2O2S/c1-3-14-6-4-5-12(2)15(14)17-20(18,19)11-13-7-9-16-10-8-13/h4-6,13,16-17H,3,7-11H2,1-2H3. The Morgan fingerprint density at radius 1 is 1.30 bits per heavy atom. The van der Waals surface area contributed by atoms with Gasteiger partial charge in [-0.2, -0.15) is 0 Å². The maximum absolute atomic E-state index is 12.4. The third kappa shape index (κ3) is 3.96. The number of hydrogen-bond donors (Lipinski definition) is 2. The summed E-state index contributed by atoms with van der Waals surface area (Å²) < 4.78 is 27.5. The lowest BCUT2D eigenvalue weighted by atomic mass is 10.0. The second-order valence-electron chi connectivity index (χ2n) is 5.54. The lowest BCUT2D eigenvalue weighted by Gasteiger charge is -2.23. The van der Waals surface area contributed by atoms with Crippen LogP contribution in [-0.2, 0) is 16.4 Å². The van der Waals surface area contributed by atoms with E-state index in [0.29, 0.717) is 0 Å². The summed E-state index contributed by atoms with van der Waals surface area (Å²) in [6.45, 7) is 5.83. The Bertz CT molecular complexity index is 549. The van der Waals surface area contributed by atoms with Gasteiger partial charge < -0.3 is 5.32 Å². The SMILES string of the molecule is CCc1cccc(C)c1NS(=O)(=O)CC1CCNCC1. The summed E-state index contributed by atoms with van der Waals surface area (Å²) in [6, 6.07) is 5.90. The van der Waals surface area contributed by atoms with Gasteiger partial charge in [0.1, 0.15) is 0 Å². The Morgan fingerprint density at radius 2 is 2.00 bits per heavy atom. The molecule has 0 saturated carbocycles. The number of aryl methyl sites for hydroxylation is 2. The molecule has 0 amide bonds. The number of para-hydroxylation sites is 1. The van der Waals surface area contributed by atoms with Crippen LogP contribution in [-0.4, -0.2) is 27.3 Å². The van der Waals surface area contributed by atoms with E-state index in [1.165, 1.54) is 0 Å². The highest BCUT2D eigenvalue weighted by molar-refractivity contribution is 7.92. The zero-order valence-electron chi connectivity index (χ0n) is 12.3. The first-order valence-corrected chi connectivity index (χ1v) is 8.96. The number of sulfonamides is 1. The summed E-state index contributed by atoms with van der Waals surface area (Å²) in [6.07, 6.45) is 2.71. The maximum Gasteiger partial charge on any atom is 0.233 e. The van der Waals surface area contributed by atoms with Crippen LogP contribution in [0.1, 0.15) is 30.9 Å². The third-order valence-corrected chi connectivity index (χ3v) is 5.34. The van der Waals surface area contributed by atoms with Gasteiger partial charge in [0.2, 0.25) is 10.0 Å². The van der Waals surface area contributed by atoms with E-state index in [1.54, 1.807) is 0 Å². The van der Waals surface area contributed by atoms with Gasteiger partial charge in [0.25, 0.3) is 0 Å². The number of hydrogen-bond acceptors (Lipinski definition) is 3. The fourth-order valence-electron chi connectivity index (χ4n) is 2.73. The summed E-state index contributed by atoms with van der Waals surface area (Å²) >= 11 is 0. The first-order chi connectivity index (χ1) is 9.52. The minimum atomic E-state index is -3.27. The second kappa shape index (κ2) is 6.59. The Hall–Kier alpha value is -1.07. The van der Waals surface area contributed by atoms with Crippen LogP contribution >= 0.6 is 0 Å². The van der Waals surface area contributed by atoms with Gasteiger partial charge in [-0.1, -0.05) is 25.1 Å². The summed E-state index contributed by atoms with van der Waals surface area (Å²) in [5, 5.41) is 3.26. The van der Waals surface area contributed by atoms with Crippen LogP contribution in [0.2, 0.25) is 0 Å². The molecule has 1 aromatic carbocycles. The molecule has 1 fully saturated rings. The molecule has 2 N–H and O–H groups in total. The van der Waals surface area contributed by atoms with E-state index >= 15 is 0 Å². The minimum absolute atomic E-state index is 0.228. The molecule has 0 radical (unpaired) electrons. The van der Waals surface area contributed by atoms with Crippen molar-refractivity contribution in [2.24, 2.45) is 5.92 Å². The highest BCUT2D eigenvalue weighted by Gasteiger charge is 2.22. The quantitative estimate of drug-likeness (QED) is 0.876. The average molecular weight is 296 g/mol. The van der Waals surface area contributed by atoms with Crippen LogP contribution < -0.4 is 10.0 Å². The van der Waals surface area contributed by atoms with E-state index in [-0.39, 0.29) is 11.7 Å². The van der Waals surface area contributed by atoms with Crippen molar-refractivity contribution < 1.29 is 8.42 Å². The molecule has 5 heteroatoms. The molecule has 1 aliphatic heterocycles. The molecule has 0 atom stereocenters. The van der Waals surface area contributed by atoms with Crippen molar-refractivity contribution in [3.8, 4) is 0 Å². The Morgan fingerprint density at radius 3 is 2.65 bits per heavy atom. The molecule has 0 aromatic heterocycles. The number of piperidine rings is 1. The third-order valence-electron chi connectivity index (χ3n) is 3.91. The van der Waals surface area contributed by atoms with E-state index < -0.39 is 10.0 Å². The van der Waals surface area contributed by atoms with Crippen LogP contribution in [0.4, 0.5) is 5.69 Å². The summed E-state index contributed by atoms with van der Waals surface area (Å²) in [5.41, 5.74) is 2.81. The number of rotatable bonds is 5. The Balaban J connectivity index is 2.11. The first-order valence-electron chi connectivity index (χ1n) is 7.31. The molecular weight excluding hydrogens is 272 g/mol. The topological polar surface area (TPSA) is 58.2 Å². The molecule has 1 aromatic rings. The molecule has 4 nitrogen and oxygen atoms in total. The van der Waals surface area contributed by atoms with Crippen molar-refractivity contribution in [3.05, 3.63) is 29.3 Å². The van der Waals surface area contributed by atoms with E-state index in [1.807, 2.05) is 32.0 Å². The summed E-state index contributed by atoms with van der Waals surface area (Å²) in [5.74, 6) is 0.495. The molecule has 1 heterocycles. The lowest BCUT2D eigenvalue weighted by Crippen LogP contribution is -2.33. The predicted octanol–water partition coefficient (Wildman–Crippen LogP) is 2.30.